The van der Waals surface area contributed by atoms with Gasteiger partial charge in [0.2, 0.25) is 0 Å². The standard InChI is InChI=1S/C18H16Cl2N4OS/c1-23(2)15-13(8-9-21-17(15)20)14-16(26-3)18(25)24(10-22-14)12-6-4-11(19)5-7-12/h4-10H,1-3H3. The van der Waals surface area contributed by atoms with Crippen LogP contribution in [0.5, 0.6) is 0 Å². The molecule has 26 heavy (non-hydrogen) atoms. The summed E-state index contributed by atoms with van der Waals surface area (Å²) in [5, 5.41) is 0.974. The number of aromatic nitrogens is 3. The minimum Gasteiger partial charge on any atom is -0.375 e. The van der Waals surface area contributed by atoms with Crippen LogP contribution in [0.1, 0.15) is 0 Å². The number of benzene rings is 1. The van der Waals surface area contributed by atoms with Gasteiger partial charge in [-0.1, -0.05) is 23.2 Å². The third kappa shape index (κ3) is 3.45. The van der Waals surface area contributed by atoms with E-state index in [1.165, 1.54) is 22.7 Å². The van der Waals surface area contributed by atoms with Gasteiger partial charge < -0.3 is 4.90 Å². The maximum atomic E-state index is 13.1. The Bertz CT molecular complexity index is 1000. The molecule has 0 aliphatic heterocycles. The molecule has 134 valence electrons. The topological polar surface area (TPSA) is 51.0 Å². The summed E-state index contributed by atoms with van der Waals surface area (Å²) >= 11 is 13.6. The molecule has 2 heterocycles. The lowest BCUT2D eigenvalue weighted by atomic mass is 10.1. The third-order valence-electron chi connectivity index (χ3n) is 3.82. The average molecular weight is 407 g/mol. The smallest absolute Gasteiger partial charge is 0.272 e. The summed E-state index contributed by atoms with van der Waals surface area (Å²) in [5.41, 5.74) is 2.62. The van der Waals surface area contributed by atoms with Gasteiger partial charge in [0.1, 0.15) is 6.33 Å². The van der Waals surface area contributed by atoms with Crippen molar-refractivity contribution >= 4 is 40.7 Å². The van der Waals surface area contributed by atoms with Crippen LogP contribution in [-0.4, -0.2) is 34.9 Å². The fourth-order valence-electron chi connectivity index (χ4n) is 2.64. The van der Waals surface area contributed by atoms with Gasteiger partial charge >= 0.3 is 0 Å². The molecule has 5 nitrogen and oxygen atoms in total. The van der Waals surface area contributed by atoms with Gasteiger partial charge in [0, 0.05) is 30.9 Å². The molecule has 0 amide bonds. The summed E-state index contributed by atoms with van der Waals surface area (Å²) in [6.07, 6.45) is 4.99. The lowest BCUT2D eigenvalue weighted by Crippen LogP contribution is -2.22. The van der Waals surface area contributed by atoms with E-state index in [1.807, 2.05) is 31.3 Å². The molecule has 0 aliphatic carbocycles. The Kier molecular flexibility index (Phi) is 5.55. The predicted molar refractivity (Wildman–Crippen MR) is 109 cm³/mol. The molecule has 0 saturated carbocycles. The van der Waals surface area contributed by atoms with Gasteiger partial charge in [0.05, 0.1) is 22.0 Å². The molecule has 0 fully saturated rings. The Morgan fingerprint density at radius 2 is 1.77 bits per heavy atom. The highest BCUT2D eigenvalue weighted by molar-refractivity contribution is 7.98. The van der Waals surface area contributed by atoms with Crippen molar-refractivity contribution in [3.8, 4) is 16.9 Å². The lowest BCUT2D eigenvalue weighted by molar-refractivity contribution is 0.896. The first-order valence-corrected chi connectivity index (χ1v) is 9.66. The number of hydrogen-bond acceptors (Lipinski definition) is 5. The van der Waals surface area contributed by atoms with Crippen LogP contribution in [0.3, 0.4) is 0 Å². The van der Waals surface area contributed by atoms with Crippen LogP contribution in [0, 0.1) is 0 Å². The minimum absolute atomic E-state index is 0.150. The number of anilines is 1. The van der Waals surface area contributed by atoms with E-state index in [9.17, 15) is 4.79 Å². The van der Waals surface area contributed by atoms with E-state index in [1.54, 1.807) is 30.5 Å². The van der Waals surface area contributed by atoms with Gasteiger partial charge in [0.15, 0.2) is 5.15 Å². The first-order chi connectivity index (χ1) is 12.4. The summed E-state index contributed by atoms with van der Waals surface area (Å²) in [7, 11) is 3.75. The summed E-state index contributed by atoms with van der Waals surface area (Å²) in [6, 6.07) is 8.86. The highest BCUT2D eigenvalue weighted by Gasteiger charge is 2.19. The van der Waals surface area contributed by atoms with Crippen LogP contribution in [0.25, 0.3) is 16.9 Å². The van der Waals surface area contributed by atoms with Gasteiger partial charge in [0.25, 0.3) is 5.56 Å². The van der Waals surface area contributed by atoms with E-state index in [4.69, 9.17) is 23.2 Å². The monoisotopic (exact) mass is 406 g/mol. The number of halogens is 2. The Balaban J connectivity index is 2.23. The van der Waals surface area contributed by atoms with Crippen LogP contribution < -0.4 is 10.5 Å². The van der Waals surface area contributed by atoms with Crippen molar-refractivity contribution < 1.29 is 0 Å². The molecule has 0 aliphatic rings. The van der Waals surface area contributed by atoms with E-state index in [2.05, 4.69) is 9.97 Å². The molecule has 0 unspecified atom stereocenters. The van der Waals surface area contributed by atoms with Crippen molar-refractivity contribution in [2.45, 2.75) is 4.90 Å². The summed E-state index contributed by atoms with van der Waals surface area (Å²) in [6.45, 7) is 0. The predicted octanol–water partition coefficient (Wildman–Crippen LogP) is 4.39. The molecule has 0 atom stereocenters. The van der Waals surface area contributed by atoms with Crippen molar-refractivity contribution in [1.82, 2.24) is 14.5 Å². The summed E-state index contributed by atoms with van der Waals surface area (Å²) in [5.74, 6) is 0. The lowest BCUT2D eigenvalue weighted by Gasteiger charge is -2.19. The summed E-state index contributed by atoms with van der Waals surface area (Å²) in [4.78, 5) is 24.1. The van der Waals surface area contributed by atoms with Gasteiger partial charge in [-0.25, -0.2) is 9.97 Å². The zero-order valence-corrected chi connectivity index (χ0v) is 16.7. The molecular formula is C18H16Cl2N4OS. The van der Waals surface area contributed by atoms with Crippen LogP contribution in [0.15, 0.2) is 52.5 Å². The van der Waals surface area contributed by atoms with Crippen molar-refractivity contribution in [1.29, 1.82) is 0 Å². The van der Waals surface area contributed by atoms with Crippen LogP contribution in [0.4, 0.5) is 5.69 Å². The van der Waals surface area contributed by atoms with Crippen LogP contribution >= 0.6 is 35.0 Å². The Hall–Kier alpha value is -2.02. The molecule has 0 saturated heterocycles. The third-order valence-corrected chi connectivity index (χ3v) is 5.13. The maximum absolute atomic E-state index is 13.1. The van der Waals surface area contributed by atoms with E-state index < -0.39 is 0 Å². The molecule has 3 aromatic rings. The fourth-order valence-corrected chi connectivity index (χ4v) is 3.73. The molecule has 0 radical (unpaired) electrons. The highest BCUT2D eigenvalue weighted by atomic mass is 35.5. The SMILES string of the molecule is CSc1c(-c2ccnc(Cl)c2N(C)C)ncn(-c2ccc(Cl)cc2)c1=O. The Morgan fingerprint density at radius 1 is 1.08 bits per heavy atom. The number of rotatable bonds is 4. The normalized spacial score (nSPS) is 10.8. The summed E-state index contributed by atoms with van der Waals surface area (Å²) < 4.78 is 1.50. The Labute approximate surface area is 165 Å². The van der Waals surface area contributed by atoms with Crippen LogP contribution in [-0.2, 0) is 0 Å². The van der Waals surface area contributed by atoms with Crippen molar-refractivity contribution in [3.63, 3.8) is 0 Å². The van der Waals surface area contributed by atoms with Crippen molar-refractivity contribution in [2.24, 2.45) is 0 Å². The van der Waals surface area contributed by atoms with Crippen molar-refractivity contribution in [3.05, 3.63) is 63.4 Å². The molecule has 1 aromatic carbocycles. The largest absolute Gasteiger partial charge is 0.375 e. The van der Waals surface area contributed by atoms with Gasteiger partial charge in [-0.2, -0.15) is 0 Å². The number of thioether (sulfide) groups is 1. The molecule has 8 heteroatoms. The zero-order valence-electron chi connectivity index (χ0n) is 14.4. The van der Waals surface area contributed by atoms with Crippen molar-refractivity contribution in [2.75, 3.05) is 25.3 Å². The van der Waals surface area contributed by atoms with Gasteiger partial charge in [-0.3, -0.25) is 9.36 Å². The highest BCUT2D eigenvalue weighted by Crippen LogP contribution is 2.36. The fraction of sp³-hybridized carbons (Fsp3) is 0.167. The van der Waals surface area contributed by atoms with E-state index in [-0.39, 0.29) is 5.56 Å². The van der Waals surface area contributed by atoms with E-state index in [0.717, 1.165) is 11.3 Å². The molecule has 2 aromatic heterocycles. The second-order valence-corrected chi connectivity index (χ2v) is 7.28. The van der Waals surface area contributed by atoms with E-state index in [0.29, 0.717) is 26.5 Å². The molecular weight excluding hydrogens is 391 g/mol. The average Bonchev–Trinajstić information content (AvgIpc) is 2.61. The molecule has 0 spiro atoms. The second kappa shape index (κ2) is 7.70. The molecule has 0 N–H and O–H groups in total. The Morgan fingerprint density at radius 3 is 2.38 bits per heavy atom. The van der Waals surface area contributed by atoms with E-state index >= 15 is 0 Å². The van der Waals surface area contributed by atoms with Gasteiger partial charge in [-0.15, -0.1) is 11.8 Å². The zero-order chi connectivity index (χ0) is 18.8. The number of nitrogens with zero attached hydrogens (tertiary/aromatic N) is 4. The first-order valence-electron chi connectivity index (χ1n) is 7.67. The number of hydrogen-bond donors (Lipinski definition) is 0. The molecule has 3 rings (SSSR count). The first kappa shape index (κ1) is 18.8. The quantitative estimate of drug-likeness (QED) is 0.474. The molecule has 0 bridgehead atoms. The number of pyridine rings is 1. The van der Waals surface area contributed by atoms with Gasteiger partial charge in [-0.05, 0) is 36.6 Å². The maximum Gasteiger partial charge on any atom is 0.272 e. The van der Waals surface area contributed by atoms with Crippen LogP contribution in [0.2, 0.25) is 10.2 Å². The second-order valence-electron chi connectivity index (χ2n) is 5.67. The minimum atomic E-state index is -0.150.